The van der Waals surface area contributed by atoms with Crippen molar-refractivity contribution >= 4 is 34.7 Å². The highest BCUT2D eigenvalue weighted by Gasteiger charge is 2.20. The summed E-state index contributed by atoms with van der Waals surface area (Å²) in [5.41, 5.74) is 7.34. The van der Waals surface area contributed by atoms with Crippen LogP contribution < -0.4 is 11.1 Å². The van der Waals surface area contributed by atoms with Crippen LogP contribution in [0.5, 0.6) is 0 Å². The second kappa shape index (κ2) is 7.84. The number of carbonyl (C=O) groups is 1. The van der Waals surface area contributed by atoms with Crippen molar-refractivity contribution < 1.29 is 4.79 Å². The molecule has 1 aromatic carbocycles. The smallest absolute Gasteiger partial charge is 0.227 e. The summed E-state index contributed by atoms with van der Waals surface area (Å²) < 4.78 is 0. The van der Waals surface area contributed by atoms with Crippen molar-refractivity contribution in [1.29, 1.82) is 0 Å². The van der Waals surface area contributed by atoms with Crippen LogP contribution in [-0.2, 0) is 11.3 Å². The average molecular weight is 348 g/mol. The molecule has 1 saturated carbocycles. The van der Waals surface area contributed by atoms with E-state index in [0.29, 0.717) is 18.2 Å². The number of carbonyl (C=O) groups excluding carboxylic acids is 1. The van der Waals surface area contributed by atoms with Crippen LogP contribution in [0.2, 0.25) is 0 Å². The lowest BCUT2D eigenvalue weighted by Gasteiger charge is -2.10. The van der Waals surface area contributed by atoms with Gasteiger partial charge in [0.2, 0.25) is 5.91 Å². The summed E-state index contributed by atoms with van der Waals surface area (Å²) in [5, 5.41) is 6.87. The van der Waals surface area contributed by atoms with Gasteiger partial charge in [0.1, 0.15) is 0 Å². The monoisotopic (exact) mass is 347 g/mol. The van der Waals surface area contributed by atoms with Gasteiger partial charge in [0.05, 0.1) is 23.0 Å². The largest absolute Gasteiger partial charge is 0.378 e. The molecule has 0 saturated heterocycles. The molecule has 1 fully saturated rings. The second-order valence-electron chi connectivity index (χ2n) is 5.76. The molecule has 1 aliphatic rings. The second-order valence-corrected chi connectivity index (χ2v) is 7.67. The van der Waals surface area contributed by atoms with Gasteiger partial charge in [0.25, 0.3) is 0 Å². The lowest BCUT2D eigenvalue weighted by molar-refractivity contribution is -0.115. The third-order valence-electron chi connectivity index (χ3n) is 3.99. The highest BCUT2D eigenvalue weighted by atomic mass is 32.2. The first-order chi connectivity index (χ1) is 11.2. The van der Waals surface area contributed by atoms with Crippen LogP contribution in [0.4, 0.5) is 5.69 Å². The molecular formula is C17H21N3OS2. The molecule has 1 amide bonds. The fraction of sp³-hybridized carbons (Fsp3) is 0.412. The Morgan fingerprint density at radius 3 is 2.91 bits per heavy atom. The maximum Gasteiger partial charge on any atom is 0.227 e. The topological polar surface area (TPSA) is 68.0 Å². The van der Waals surface area contributed by atoms with Crippen LogP contribution in [0.25, 0.3) is 0 Å². The van der Waals surface area contributed by atoms with Gasteiger partial charge in [0, 0.05) is 21.9 Å². The zero-order chi connectivity index (χ0) is 16.1. The van der Waals surface area contributed by atoms with Gasteiger partial charge in [0.15, 0.2) is 0 Å². The number of nitrogens with two attached hydrogens (primary N) is 1. The number of rotatable bonds is 7. The molecule has 4 nitrogen and oxygen atoms in total. The number of anilines is 1. The predicted molar refractivity (Wildman–Crippen MR) is 97.0 cm³/mol. The van der Waals surface area contributed by atoms with Gasteiger partial charge in [-0.05, 0) is 25.0 Å². The first-order valence-corrected chi connectivity index (χ1v) is 9.77. The van der Waals surface area contributed by atoms with Gasteiger partial charge < -0.3 is 11.1 Å². The molecule has 0 aliphatic heterocycles. The first-order valence-electron chi connectivity index (χ1n) is 7.90. The molecule has 122 valence electrons. The van der Waals surface area contributed by atoms with Crippen molar-refractivity contribution in [3.63, 3.8) is 0 Å². The zero-order valence-electron chi connectivity index (χ0n) is 13.0. The Bertz CT molecular complexity index is 665. The Morgan fingerprint density at radius 1 is 1.35 bits per heavy atom. The highest BCUT2D eigenvalue weighted by Crippen LogP contribution is 2.35. The third-order valence-corrected chi connectivity index (χ3v) is 6.14. The number of nitrogens with one attached hydrogen (secondary N) is 1. The molecule has 0 bridgehead atoms. The van der Waals surface area contributed by atoms with Crippen LogP contribution in [-0.4, -0.2) is 16.6 Å². The quantitative estimate of drug-likeness (QED) is 0.743. The molecule has 2 aromatic rings. The SMILES string of the molecule is NC(=O)CSc1ccccc1NCc1csc(C2CCCC2)n1. The molecule has 1 aromatic heterocycles. The van der Waals surface area contributed by atoms with Crippen LogP contribution >= 0.6 is 23.1 Å². The minimum atomic E-state index is -0.300. The highest BCUT2D eigenvalue weighted by molar-refractivity contribution is 8.00. The minimum absolute atomic E-state index is 0.293. The molecule has 1 heterocycles. The van der Waals surface area contributed by atoms with E-state index in [1.54, 1.807) is 11.3 Å². The van der Waals surface area contributed by atoms with Gasteiger partial charge in [-0.3, -0.25) is 4.79 Å². The zero-order valence-corrected chi connectivity index (χ0v) is 14.6. The van der Waals surface area contributed by atoms with Crippen molar-refractivity contribution in [1.82, 2.24) is 4.98 Å². The molecule has 0 atom stereocenters. The van der Waals surface area contributed by atoms with E-state index in [2.05, 4.69) is 10.7 Å². The van der Waals surface area contributed by atoms with E-state index in [4.69, 9.17) is 10.7 Å². The molecule has 1 aliphatic carbocycles. The molecule has 3 rings (SSSR count). The summed E-state index contributed by atoms with van der Waals surface area (Å²) in [6.07, 6.45) is 5.24. The number of primary amides is 1. The molecule has 0 unspecified atom stereocenters. The van der Waals surface area contributed by atoms with Crippen LogP contribution in [0.1, 0.15) is 42.3 Å². The van der Waals surface area contributed by atoms with Crippen LogP contribution in [0.3, 0.4) is 0 Å². The van der Waals surface area contributed by atoms with Crippen molar-refractivity contribution in [3.8, 4) is 0 Å². The molecule has 23 heavy (non-hydrogen) atoms. The number of thioether (sulfide) groups is 1. The van der Waals surface area contributed by atoms with E-state index in [-0.39, 0.29) is 5.91 Å². The minimum Gasteiger partial charge on any atom is -0.378 e. The Morgan fingerprint density at radius 2 is 2.13 bits per heavy atom. The summed E-state index contributed by atoms with van der Waals surface area (Å²) in [7, 11) is 0. The Balaban J connectivity index is 1.60. The van der Waals surface area contributed by atoms with Gasteiger partial charge in [-0.15, -0.1) is 23.1 Å². The average Bonchev–Trinajstić information content (AvgIpc) is 3.22. The first kappa shape index (κ1) is 16.3. The number of benzene rings is 1. The number of para-hydroxylation sites is 1. The lowest BCUT2D eigenvalue weighted by Crippen LogP contribution is -2.13. The van der Waals surface area contributed by atoms with E-state index in [1.165, 1.54) is 42.5 Å². The number of thiazole rings is 1. The summed E-state index contributed by atoms with van der Waals surface area (Å²) in [6, 6.07) is 7.98. The molecule has 6 heteroatoms. The van der Waals surface area contributed by atoms with E-state index < -0.39 is 0 Å². The van der Waals surface area contributed by atoms with E-state index in [0.717, 1.165) is 16.3 Å². The number of aromatic nitrogens is 1. The molecular weight excluding hydrogens is 326 g/mol. The standard InChI is InChI=1S/C17H21N3OS2/c18-16(21)11-22-15-8-4-3-7-14(15)19-9-13-10-23-17(20-13)12-5-1-2-6-12/h3-4,7-8,10,12,19H,1-2,5-6,9,11H2,(H2,18,21). The maximum absolute atomic E-state index is 11.0. The van der Waals surface area contributed by atoms with E-state index in [1.807, 2.05) is 24.3 Å². The Labute approximate surface area is 144 Å². The van der Waals surface area contributed by atoms with Crippen LogP contribution in [0.15, 0.2) is 34.5 Å². The van der Waals surface area contributed by atoms with E-state index in [9.17, 15) is 4.79 Å². The van der Waals surface area contributed by atoms with Gasteiger partial charge >= 0.3 is 0 Å². The number of amides is 1. The number of hydrogen-bond donors (Lipinski definition) is 2. The van der Waals surface area contributed by atoms with Gasteiger partial charge in [-0.1, -0.05) is 25.0 Å². The van der Waals surface area contributed by atoms with Crippen molar-refractivity contribution in [2.75, 3.05) is 11.1 Å². The van der Waals surface area contributed by atoms with Gasteiger partial charge in [-0.2, -0.15) is 0 Å². The summed E-state index contributed by atoms with van der Waals surface area (Å²) in [4.78, 5) is 16.8. The summed E-state index contributed by atoms with van der Waals surface area (Å²) in [6.45, 7) is 0.706. The fourth-order valence-corrected chi connectivity index (χ4v) is 4.60. The molecule has 0 spiro atoms. The lowest BCUT2D eigenvalue weighted by atomic mass is 10.1. The summed E-state index contributed by atoms with van der Waals surface area (Å²) in [5.74, 6) is 0.666. The number of nitrogens with zero attached hydrogens (tertiary/aromatic N) is 1. The summed E-state index contributed by atoms with van der Waals surface area (Å²) >= 11 is 3.24. The third kappa shape index (κ3) is 4.48. The fourth-order valence-electron chi connectivity index (χ4n) is 2.84. The predicted octanol–water partition coefficient (Wildman–Crippen LogP) is 3.99. The van der Waals surface area contributed by atoms with Crippen molar-refractivity contribution in [2.45, 2.75) is 43.0 Å². The normalized spacial score (nSPS) is 15.0. The Hall–Kier alpha value is -1.53. The molecule has 0 radical (unpaired) electrons. The van der Waals surface area contributed by atoms with Crippen LogP contribution in [0, 0.1) is 0 Å². The number of hydrogen-bond acceptors (Lipinski definition) is 5. The van der Waals surface area contributed by atoms with E-state index >= 15 is 0 Å². The van der Waals surface area contributed by atoms with Gasteiger partial charge in [-0.25, -0.2) is 4.98 Å². The van der Waals surface area contributed by atoms with Crippen molar-refractivity contribution in [3.05, 3.63) is 40.3 Å². The molecule has 3 N–H and O–H groups in total. The maximum atomic E-state index is 11.0. The van der Waals surface area contributed by atoms with Crippen molar-refractivity contribution in [2.24, 2.45) is 5.73 Å². The Kier molecular flexibility index (Phi) is 5.56.